The van der Waals surface area contributed by atoms with E-state index in [-0.39, 0.29) is 16.9 Å². The molecule has 198 valence electrons. The van der Waals surface area contributed by atoms with Gasteiger partial charge in [0.25, 0.3) is 8.32 Å². The average molecular weight is 517 g/mol. The van der Waals surface area contributed by atoms with Crippen LogP contribution in [0.1, 0.15) is 46.6 Å². The van der Waals surface area contributed by atoms with Gasteiger partial charge in [0.15, 0.2) is 0 Å². The van der Waals surface area contributed by atoms with Crippen LogP contribution in [0, 0.1) is 11.8 Å². The predicted molar refractivity (Wildman–Crippen MR) is 158 cm³/mol. The molecule has 3 aromatic carbocycles. The summed E-state index contributed by atoms with van der Waals surface area (Å²) in [4.78, 5) is 0. The van der Waals surface area contributed by atoms with Crippen molar-refractivity contribution in [3.63, 3.8) is 0 Å². The van der Waals surface area contributed by atoms with Gasteiger partial charge < -0.3 is 14.3 Å². The lowest BCUT2D eigenvalue weighted by molar-refractivity contribution is 0.0723. The van der Waals surface area contributed by atoms with Crippen LogP contribution in [0.4, 0.5) is 0 Å². The molecule has 3 atom stereocenters. The Morgan fingerprint density at radius 1 is 0.811 bits per heavy atom. The van der Waals surface area contributed by atoms with Gasteiger partial charge in [0.2, 0.25) is 0 Å². The largest absolute Gasteiger partial charge is 0.407 e. The zero-order valence-corrected chi connectivity index (χ0v) is 24.2. The monoisotopic (exact) mass is 516 g/mol. The van der Waals surface area contributed by atoms with Gasteiger partial charge in [-0.2, -0.15) is 0 Å². The topological polar surface area (TPSA) is 38.7 Å². The first kappa shape index (κ1) is 29.1. The smallest absolute Gasteiger partial charge is 0.261 e. The van der Waals surface area contributed by atoms with Crippen LogP contribution < -0.4 is 10.4 Å². The number of rotatable bonds is 13. The van der Waals surface area contributed by atoms with Gasteiger partial charge in [-0.1, -0.05) is 138 Å². The van der Waals surface area contributed by atoms with Crippen molar-refractivity contribution in [1.29, 1.82) is 0 Å². The van der Waals surface area contributed by atoms with Crippen molar-refractivity contribution in [3.05, 3.63) is 109 Å². The molecule has 0 saturated heterocycles. The fourth-order valence-electron chi connectivity index (χ4n) is 4.85. The fraction of sp³-hybridized carbons (Fsp3) is 0.394. The molecular weight excluding hydrogens is 472 g/mol. The van der Waals surface area contributed by atoms with E-state index < -0.39 is 14.4 Å². The molecule has 0 aliphatic carbocycles. The van der Waals surface area contributed by atoms with E-state index in [9.17, 15) is 5.11 Å². The Hall–Kier alpha value is -2.50. The average Bonchev–Trinajstić information content (AvgIpc) is 2.89. The highest BCUT2D eigenvalue weighted by Crippen LogP contribution is 2.37. The minimum Gasteiger partial charge on any atom is -0.407 e. The molecule has 3 aromatic rings. The highest BCUT2D eigenvalue weighted by molar-refractivity contribution is 6.99. The van der Waals surface area contributed by atoms with Gasteiger partial charge in [-0.3, -0.25) is 0 Å². The Morgan fingerprint density at radius 2 is 1.30 bits per heavy atom. The Morgan fingerprint density at radius 3 is 1.78 bits per heavy atom. The summed E-state index contributed by atoms with van der Waals surface area (Å²) in [6, 6.07) is 31.5. The first-order chi connectivity index (χ1) is 17.6. The van der Waals surface area contributed by atoms with Gasteiger partial charge in [-0.25, -0.2) is 0 Å². The second-order valence-corrected chi connectivity index (χ2v) is 15.6. The van der Waals surface area contributed by atoms with Gasteiger partial charge in [-0.15, -0.1) is 0 Å². The molecule has 0 spiro atoms. The van der Waals surface area contributed by atoms with Crippen molar-refractivity contribution in [2.24, 2.45) is 11.8 Å². The van der Waals surface area contributed by atoms with E-state index in [4.69, 9.17) is 9.16 Å². The van der Waals surface area contributed by atoms with Crippen molar-refractivity contribution in [2.45, 2.75) is 58.8 Å². The maximum atomic E-state index is 11.1. The molecule has 1 N–H and O–H groups in total. The maximum Gasteiger partial charge on any atom is 0.261 e. The van der Waals surface area contributed by atoms with Gasteiger partial charge in [0, 0.05) is 18.4 Å². The highest BCUT2D eigenvalue weighted by atomic mass is 28.4. The molecule has 0 aliphatic rings. The quantitative estimate of drug-likeness (QED) is 0.212. The van der Waals surface area contributed by atoms with Gasteiger partial charge in [0.05, 0.1) is 19.3 Å². The molecule has 37 heavy (non-hydrogen) atoms. The van der Waals surface area contributed by atoms with Crippen molar-refractivity contribution < 1.29 is 14.3 Å². The molecule has 0 amide bonds. The van der Waals surface area contributed by atoms with Crippen LogP contribution in [0.25, 0.3) is 0 Å². The summed E-state index contributed by atoms with van der Waals surface area (Å²) >= 11 is 0. The summed E-state index contributed by atoms with van der Waals surface area (Å²) in [5, 5.41) is 13.5. The van der Waals surface area contributed by atoms with Gasteiger partial charge in [0.1, 0.15) is 0 Å². The standard InChI is InChI=1S/C33H44O3Si/c1-26(27(2)23-35-25-29-16-10-7-11-17-29)22-32(34)28(3)24-36-37(33(4,5)6,30-18-12-8-13-19-30)31-20-14-9-15-21-31/h7-21,27-28,32,34H,1,22-25H2,2-6H3/t27-,28+,32+/m0/s1. The summed E-state index contributed by atoms with van der Waals surface area (Å²) in [7, 11) is -2.62. The van der Waals surface area contributed by atoms with Crippen LogP contribution in [0.3, 0.4) is 0 Å². The van der Waals surface area contributed by atoms with Crippen LogP contribution in [-0.2, 0) is 15.8 Å². The van der Waals surface area contributed by atoms with Gasteiger partial charge >= 0.3 is 0 Å². The molecule has 3 rings (SSSR count). The number of aliphatic hydroxyl groups excluding tert-OH is 1. The zero-order chi connectivity index (χ0) is 26.9. The molecule has 0 fully saturated rings. The molecule has 0 unspecified atom stereocenters. The predicted octanol–water partition coefficient (Wildman–Crippen LogP) is 6.36. The third-order valence-electron chi connectivity index (χ3n) is 7.28. The van der Waals surface area contributed by atoms with Crippen molar-refractivity contribution in [2.75, 3.05) is 13.2 Å². The first-order valence-corrected chi connectivity index (χ1v) is 15.3. The zero-order valence-electron chi connectivity index (χ0n) is 23.2. The van der Waals surface area contributed by atoms with Crippen molar-refractivity contribution in [3.8, 4) is 0 Å². The normalized spacial score (nSPS) is 14.6. The molecule has 0 heterocycles. The maximum absolute atomic E-state index is 11.1. The van der Waals surface area contributed by atoms with E-state index in [2.05, 4.69) is 114 Å². The molecule has 0 saturated carbocycles. The van der Waals surface area contributed by atoms with Crippen LogP contribution in [0.2, 0.25) is 5.04 Å². The number of aliphatic hydroxyl groups is 1. The molecule has 3 nitrogen and oxygen atoms in total. The van der Waals surface area contributed by atoms with Crippen LogP contribution in [0.5, 0.6) is 0 Å². The second-order valence-electron chi connectivity index (χ2n) is 11.3. The molecule has 0 aliphatic heterocycles. The van der Waals surface area contributed by atoms with Crippen LogP contribution in [0.15, 0.2) is 103 Å². The Labute approximate surface area is 225 Å². The van der Waals surface area contributed by atoms with Crippen LogP contribution >= 0.6 is 0 Å². The number of ether oxygens (including phenoxy) is 1. The van der Waals surface area contributed by atoms with E-state index in [1.54, 1.807) is 0 Å². The van der Waals surface area contributed by atoms with E-state index in [1.807, 2.05) is 18.2 Å². The fourth-order valence-corrected chi connectivity index (χ4v) is 9.51. The summed E-state index contributed by atoms with van der Waals surface area (Å²) in [6.45, 7) is 17.0. The highest BCUT2D eigenvalue weighted by Gasteiger charge is 2.50. The number of benzene rings is 3. The summed E-state index contributed by atoms with van der Waals surface area (Å²) in [6.07, 6.45) is 0.0171. The Balaban J connectivity index is 1.65. The molecule has 0 aromatic heterocycles. The minimum absolute atomic E-state index is 0.0316. The number of hydrogen-bond acceptors (Lipinski definition) is 3. The molecular formula is C33H44O3Si. The van der Waals surface area contributed by atoms with Crippen LogP contribution in [-0.4, -0.2) is 32.7 Å². The van der Waals surface area contributed by atoms with E-state index >= 15 is 0 Å². The summed E-state index contributed by atoms with van der Waals surface area (Å²) in [5.74, 6) is 0.138. The van der Waals surface area contributed by atoms with E-state index in [0.29, 0.717) is 26.2 Å². The lowest BCUT2D eigenvalue weighted by Crippen LogP contribution is -2.67. The van der Waals surface area contributed by atoms with Gasteiger partial charge in [-0.05, 0) is 27.4 Å². The Bertz CT molecular complexity index is 1040. The SMILES string of the molecule is C=C(C[C@@H](O)[C@H](C)CO[Si](c1ccccc1)(c1ccccc1)C(C)(C)C)[C@@H](C)COCc1ccccc1. The van der Waals surface area contributed by atoms with Crippen molar-refractivity contribution in [1.82, 2.24) is 0 Å². The second kappa shape index (κ2) is 13.3. The van der Waals surface area contributed by atoms with E-state index in [1.165, 1.54) is 10.4 Å². The van der Waals surface area contributed by atoms with E-state index in [0.717, 1.165) is 11.1 Å². The molecule has 4 heteroatoms. The third-order valence-corrected chi connectivity index (χ3v) is 12.3. The summed E-state index contributed by atoms with van der Waals surface area (Å²) in [5.41, 5.74) is 2.17. The first-order valence-electron chi connectivity index (χ1n) is 13.4. The third kappa shape index (κ3) is 7.52. The molecule has 0 bridgehead atoms. The lowest BCUT2D eigenvalue weighted by atomic mass is 9.93. The minimum atomic E-state index is -2.62. The summed E-state index contributed by atoms with van der Waals surface area (Å²) < 4.78 is 12.9. The van der Waals surface area contributed by atoms with Crippen molar-refractivity contribution >= 4 is 18.7 Å². The Kier molecular flexibility index (Phi) is 10.5. The lowest BCUT2D eigenvalue weighted by Gasteiger charge is -2.43. The molecule has 0 radical (unpaired) electrons. The number of hydrogen-bond donors (Lipinski definition) is 1.